The predicted octanol–water partition coefficient (Wildman–Crippen LogP) is 5.52. The first-order valence-electron chi connectivity index (χ1n) is 12.3. The van der Waals surface area contributed by atoms with Crippen LogP contribution in [0.1, 0.15) is 69.6 Å². The molecule has 2 N–H and O–H groups in total. The molecule has 2 aromatic carbocycles. The fourth-order valence-corrected chi connectivity index (χ4v) is 5.16. The van der Waals surface area contributed by atoms with Gasteiger partial charge < -0.3 is 19.9 Å². The molecule has 1 atom stereocenters. The molecule has 2 aliphatic rings. The number of benzene rings is 2. The van der Waals surface area contributed by atoms with Crippen molar-refractivity contribution in [3.63, 3.8) is 0 Å². The van der Waals surface area contributed by atoms with Gasteiger partial charge in [-0.1, -0.05) is 45.0 Å². The summed E-state index contributed by atoms with van der Waals surface area (Å²) in [5, 5.41) is 14.4. The van der Waals surface area contributed by atoms with Gasteiger partial charge in [0.1, 0.15) is 23.8 Å². The van der Waals surface area contributed by atoms with Gasteiger partial charge in [-0.05, 0) is 72.8 Å². The van der Waals surface area contributed by atoms with E-state index in [1.807, 2.05) is 0 Å². The normalized spacial score (nSPS) is 25.4. The van der Waals surface area contributed by atoms with E-state index in [4.69, 9.17) is 9.47 Å². The lowest BCUT2D eigenvalue weighted by Gasteiger charge is -2.44. The van der Waals surface area contributed by atoms with Gasteiger partial charge in [0, 0.05) is 18.2 Å². The summed E-state index contributed by atoms with van der Waals surface area (Å²) in [4.78, 5) is 11.6. The number of cyclic esters (lactones) is 1. The molecule has 2 fully saturated rings. The third-order valence-electron chi connectivity index (χ3n) is 7.41. The van der Waals surface area contributed by atoms with Crippen molar-refractivity contribution in [1.29, 1.82) is 0 Å². The van der Waals surface area contributed by atoms with E-state index in [-0.39, 0.29) is 12.0 Å². The second-order valence-corrected chi connectivity index (χ2v) is 11.1. The molecular formula is C28H35F2NO4. The fourth-order valence-electron chi connectivity index (χ4n) is 5.16. The number of hydrogen-bond donors (Lipinski definition) is 2. The first-order chi connectivity index (χ1) is 16.5. The molecule has 0 radical (unpaired) electrons. The number of hydrogen-bond acceptors (Lipinski definition) is 5. The van der Waals surface area contributed by atoms with Gasteiger partial charge in [0.15, 0.2) is 0 Å². The maximum absolute atomic E-state index is 13.5. The summed E-state index contributed by atoms with van der Waals surface area (Å²) in [6, 6.07) is 12.0. The molecule has 1 spiro atoms. The van der Waals surface area contributed by atoms with E-state index in [1.54, 1.807) is 0 Å². The first-order valence-corrected chi connectivity index (χ1v) is 12.3. The van der Waals surface area contributed by atoms with Gasteiger partial charge in [-0.3, -0.25) is 0 Å². The van der Waals surface area contributed by atoms with Crippen LogP contribution in [-0.4, -0.2) is 36.1 Å². The van der Waals surface area contributed by atoms with E-state index in [1.165, 1.54) is 17.7 Å². The molecule has 0 amide bonds. The van der Waals surface area contributed by atoms with E-state index in [9.17, 15) is 18.7 Å². The molecule has 1 aliphatic carbocycles. The summed E-state index contributed by atoms with van der Waals surface area (Å²) in [7, 11) is 0. The Labute approximate surface area is 205 Å². The molecule has 0 bridgehead atoms. The zero-order valence-corrected chi connectivity index (χ0v) is 20.7. The number of carbonyl (C=O) groups is 1. The van der Waals surface area contributed by atoms with Crippen LogP contribution in [0.25, 0.3) is 0 Å². The lowest BCUT2D eigenvalue weighted by atomic mass is 9.70. The predicted molar refractivity (Wildman–Crippen MR) is 129 cm³/mol. The Bertz CT molecular complexity index is 1040. The molecular weight excluding hydrogens is 452 g/mol. The Balaban J connectivity index is 1.48. The number of halogens is 2. The van der Waals surface area contributed by atoms with Crippen LogP contribution in [0, 0.1) is 11.6 Å². The highest BCUT2D eigenvalue weighted by Gasteiger charge is 2.50. The summed E-state index contributed by atoms with van der Waals surface area (Å²) in [6.07, 6.45) is 2.22. The number of carbonyl (C=O) groups excluding carboxylic acids is 1. The van der Waals surface area contributed by atoms with Crippen LogP contribution < -0.4 is 5.32 Å². The summed E-state index contributed by atoms with van der Waals surface area (Å²) in [6.45, 7) is 7.14. The second kappa shape index (κ2) is 9.86. The van der Waals surface area contributed by atoms with E-state index >= 15 is 0 Å². The van der Waals surface area contributed by atoms with Gasteiger partial charge in [-0.25, -0.2) is 13.6 Å². The first kappa shape index (κ1) is 25.6. The van der Waals surface area contributed by atoms with Gasteiger partial charge in [-0.2, -0.15) is 0 Å². The van der Waals surface area contributed by atoms with Crippen LogP contribution in [-0.2, 0) is 26.8 Å². The Kier molecular flexibility index (Phi) is 7.21. The molecule has 5 nitrogen and oxygen atoms in total. The minimum atomic E-state index is -0.687. The SMILES string of the molecule is CC(C)(C)c1cccc(C2(NC[C@@H](O)CCc3cc(F)cc(F)c3)CCC3(CC2)COC(=O)O3)c1. The number of aliphatic hydroxyl groups is 1. The number of aryl methyl sites for hydroxylation is 1. The van der Waals surface area contributed by atoms with Crippen molar-refractivity contribution in [2.45, 2.75) is 82.0 Å². The minimum absolute atomic E-state index is 0.0122. The van der Waals surface area contributed by atoms with Gasteiger partial charge >= 0.3 is 6.16 Å². The van der Waals surface area contributed by atoms with Crippen LogP contribution in [0.2, 0.25) is 0 Å². The van der Waals surface area contributed by atoms with Crippen molar-refractivity contribution in [3.05, 3.63) is 70.8 Å². The maximum Gasteiger partial charge on any atom is 0.509 e. The second-order valence-electron chi connectivity index (χ2n) is 11.1. The van der Waals surface area contributed by atoms with E-state index in [2.05, 4.69) is 50.4 Å². The van der Waals surface area contributed by atoms with Crippen molar-refractivity contribution in [1.82, 2.24) is 5.32 Å². The number of ether oxygens (including phenoxy) is 2. The lowest BCUT2D eigenvalue weighted by Crippen LogP contribution is -2.52. The third kappa shape index (κ3) is 6.01. The van der Waals surface area contributed by atoms with Crippen molar-refractivity contribution < 1.29 is 28.2 Å². The molecule has 0 unspecified atom stereocenters. The zero-order chi connectivity index (χ0) is 25.3. The molecule has 2 aromatic rings. The summed E-state index contributed by atoms with van der Waals surface area (Å²) in [5.74, 6) is -1.23. The Hall–Kier alpha value is -2.51. The monoisotopic (exact) mass is 487 g/mol. The van der Waals surface area contributed by atoms with Gasteiger partial charge in [0.05, 0.1) is 6.10 Å². The highest BCUT2D eigenvalue weighted by molar-refractivity contribution is 5.62. The highest BCUT2D eigenvalue weighted by atomic mass is 19.1. The van der Waals surface area contributed by atoms with Gasteiger partial charge in [0.25, 0.3) is 0 Å². The molecule has 190 valence electrons. The molecule has 7 heteroatoms. The summed E-state index contributed by atoms with van der Waals surface area (Å²) in [5.41, 5.74) is 1.90. The van der Waals surface area contributed by atoms with Crippen molar-refractivity contribution in [2.24, 2.45) is 0 Å². The number of aliphatic hydroxyl groups excluding tert-OH is 1. The average Bonchev–Trinajstić information content (AvgIpc) is 3.16. The fraction of sp³-hybridized carbons (Fsp3) is 0.536. The zero-order valence-electron chi connectivity index (χ0n) is 20.7. The average molecular weight is 488 g/mol. The summed E-state index contributed by atoms with van der Waals surface area (Å²) >= 11 is 0. The van der Waals surface area contributed by atoms with Crippen LogP contribution in [0.15, 0.2) is 42.5 Å². The van der Waals surface area contributed by atoms with E-state index in [0.29, 0.717) is 37.8 Å². The van der Waals surface area contributed by atoms with E-state index < -0.39 is 35.0 Å². The van der Waals surface area contributed by atoms with Crippen molar-refractivity contribution in [3.8, 4) is 0 Å². The van der Waals surface area contributed by atoms with Crippen molar-refractivity contribution >= 4 is 6.16 Å². The minimum Gasteiger partial charge on any atom is -0.430 e. The highest BCUT2D eigenvalue weighted by Crippen LogP contribution is 2.45. The van der Waals surface area contributed by atoms with Crippen LogP contribution >= 0.6 is 0 Å². The lowest BCUT2D eigenvalue weighted by molar-refractivity contribution is -0.00366. The van der Waals surface area contributed by atoms with Gasteiger partial charge in [-0.15, -0.1) is 0 Å². The Morgan fingerprint density at radius 1 is 1.06 bits per heavy atom. The van der Waals surface area contributed by atoms with Crippen LogP contribution in [0.3, 0.4) is 0 Å². The molecule has 1 saturated carbocycles. The maximum atomic E-state index is 13.5. The third-order valence-corrected chi connectivity index (χ3v) is 7.41. The Morgan fingerprint density at radius 2 is 1.74 bits per heavy atom. The molecule has 0 aromatic heterocycles. The standard InChI is InChI=1S/C28H35F2NO4/c1-26(2,3)20-5-4-6-21(15-20)28(11-9-27(10-12-28)18-34-25(33)35-27)31-17-24(32)8-7-19-13-22(29)16-23(30)14-19/h4-6,13-16,24,31-32H,7-12,17-18H2,1-3H3/t24-,27?,28?/m0/s1. The van der Waals surface area contributed by atoms with Gasteiger partial charge in [0.2, 0.25) is 0 Å². The quantitative estimate of drug-likeness (QED) is 0.504. The number of nitrogens with one attached hydrogen (secondary N) is 1. The molecule has 35 heavy (non-hydrogen) atoms. The van der Waals surface area contributed by atoms with E-state index in [0.717, 1.165) is 24.5 Å². The van der Waals surface area contributed by atoms with Crippen molar-refractivity contribution in [2.75, 3.05) is 13.2 Å². The topological polar surface area (TPSA) is 67.8 Å². The molecule has 1 heterocycles. The molecule has 1 aliphatic heterocycles. The largest absolute Gasteiger partial charge is 0.509 e. The van der Waals surface area contributed by atoms with Crippen LogP contribution in [0.5, 0.6) is 0 Å². The Morgan fingerprint density at radius 3 is 2.34 bits per heavy atom. The smallest absolute Gasteiger partial charge is 0.430 e. The molecule has 1 saturated heterocycles. The summed E-state index contributed by atoms with van der Waals surface area (Å²) < 4.78 is 37.6. The number of rotatable bonds is 7. The van der Waals surface area contributed by atoms with Crippen LogP contribution in [0.4, 0.5) is 13.6 Å². The molecule has 4 rings (SSSR count).